The Hall–Kier alpha value is -0.930. The highest BCUT2D eigenvalue weighted by atomic mass is 35.5. The Morgan fingerprint density at radius 2 is 2.29 bits per heavy atom. The summed E-state index contributed by atoms with van der Waals surface area (Å²) in [6.07, 6.45) is 3.87. The highest BCUT2D eigenvalue weighted by Gasteiger charge is 2.42. The number of halogens is 2. The van der Waals surface area contributed by atoms with Crippen LogP contribution in [0.15, 0.2) is 18.2 Å². The third kappa shape index (κ3) is 3.83. The number of hydrogen-bond donors (Lipinski definition) is 0. The van der Waals surface area contributed by atoms with Crippen LogP contribution in [0.3, 0.4) is 0 Å². The smallest absolute Gasteiger partial charge is 0.169 e. The van der Waals surface area contributed by atoms with Gasteiger partial charge in [-0.3, -0.25) is 4.79 Å². The highest BCUT2D eigenvalue weighted by molar-refractivity contribution is 6.31. The molecule has 1 aliphatic rings. The Kier molecular flexibility index (Phi) is 5.39. The Morgan fingerprint density at radius 3 is 2.90 bits per heavy atom. The largest absolute Gasteiger partial charge is 0.367 e. The minimum Gasteiger partial charge on any atom is -0.367 e. The summed E-state index contributed by atoms with van der Waals surface area (Å²) >= 11 is 6.03. The molecule has 2 unspecified atom stereocenters. The average molecular weight is 313 g/mol. The molecular weight excluding hydrogens is 291 g/mol. The van der Waals surface area contributed by atoms with Crippen molar-refractivity contribution < 1.29 is 13.9 Å². The van der Waals surface area contributed by atoms with Crippen molar-refractivity contribution in [3.8, 4) is 0 Å². The van der Waals surface area contributed by atoms with Gasteiger partial charge in [-0.1, -0.05) is 31.0 Å². The summed E-state index contributed by atoms with van der Waals surface area (Å²) < 4.78 is 19.0. The van der Waals surface area contributed by atoms with Crippen molar-refractivity contribution in [2.24, 2.45) is 5.92 Å². The maximum Gasteiger partial charge on any atom is 0.169 e. The van der Waals surface area contributed by atoms with Gasteiger partial charge in [-0.15, -0.1) is 0 Å². The number of ketones is 1. The molecule has 2 atom stereocenters. The number of benzene rings is 1. The van der Waals surface area contributed by atoms with E-state index in [1.807, 2.05) is 6.92 Å². The molecule has 1 aliphatic carbocycles. The minimum absolute atomic E-state index is 0.0596. The number of hydrogen-bond acceptors (Lipinski definition) is 2. The molecule has 1 fully saturated rings. The summed E-state index contributed by atoms with van der Waals surface area (Å²) in [6.45, 7) is 4.60. The zero-order valence-corrected chi connectivity index (χ0v) is 13.4. The summed E-state index contributed by atoms with van der Waals surface area (Å²) in [7, 11) is 0. The lowest BCUT2D eigenvalue weighted by atomic mass is 9.75. The summed E-state index contributed by atoms with van der Waals surface area (Å²) in [5.74, 6) is 0.157. The zero-order valence-electron chi connectivity index (χ0n) is 12.6. The molecule has 1 aromatic rings. The van der Waals surface area contributed by atoms with Gasteiger partial charge in [0, 0.05) is 18.1 Å². The lowest BCUT2D eigenvalue weighted by Crippen LogP contribution is -2.46. The van der Waals surface area contributed by atoms with Crippen LogP contribution in [0.5, 0.6) is 0 Å². The van der Waals surface area contributed by atoms with E-state index in [2.05, 4.69) is 6.92 Å². The molecule has 0 N–H and O–H groups in total. The van der Waals surface area contributed by atoms with Gasteiger partial charge in [0.1, 0.15) is 11.4 Å². The van der Waals surface area contributed by atoms with Crippen LogP contribution in [-0.2, 0) is 16.0 Å². The maximum absolute atomic E-state index is 13.1. The van der Waals surface area contributed by atoms with Gasteiger partial charge in [0.15, 0.2) is 5.78 Å². The molecule has 0 bridgehead atoms. The first kappa shape index (κ1) is 16.4. The molecule has 1 aromatic carbocycles. The fourth-order valence-electron chi connectivity index (χ4n) is 3.24. The first-order chi connectivity index (χ1) is 9.97. The molecule has 0 spiro atoms. The Balaban J connectivity index is 2.18. The van der Waals surface area contributed by atoms with Crippen molar-refractivity contribution in [3.05, 3.63) is 34.6 Å². The van der Waals surface area contributed by atoms with Crippen LogP contribution in [0.4, 0.5) is 4.39 Å². The predicted molar refractivity (Wildman–Crippen MR) is 82.1 cm³/mol. The summed E-state index contributed by atoms with van der Waals surface area (Å²) in [4.78, 5) is 12.8. The number of ether oxygens (including phenoxy) is 1. The van der Waals surface area contributed by atoms with Gasteiger partial charge in [-0.25, -0.2) is 4.39 Å². The normalized spacial score (nSPS) is 25.8. The van der Waals surface area contributed by atoms with Crippen LogP contribution in [0.25, 0.3) is 0 Å². The first-order valence-corrected chi connectivity index (χ1v) is 7.96. The van der Waals surface area contributed by atoms with Crippen LogP contribution in [0.2, 0.25) is 5.02 Å². The van der Waals surface area contributed by atoms with E-state index in [1.54, 1.807) is 6.07 Å². The molecule has 1 saturated carbocycles. The van der Waals surface area contributed by atoms with Crippen LogP contribution >= 0.6 is 11.6 Å². The molecule has 2 nitrogen and oxygen atoms in total. The van der Waals surface area contributed by atoms with E-state index in [1.165, 1.54) is 12.1 Å². The summed E-state index contributed by atoms with van der Waals surface area (Å²) in [5.41, 5.74) is -0.0233. The lowest BCUT2D eigenvalue weighted by Gasteiger charge is -2.38. The van der Waals surface area contributed by atoms with Crippen LogP contribution in [0.1, 0.15) is 45.1 Å². The van der Waals surface area contributed by atoms with Gasteiger partial charge in [-0.05, 0) is 49.8 Å². The maximum atomic E-state index is 13.1. The van der Waals surface area contributed by atoms with Crippen molar-refractivity contribution in [1.82, 2.24) is 0 Å². The molecule has 116 valence electrons. The van der Waals surface area contributed by atoms with Gasteiger partial charge in [0.05, 0.1) is 0 Å². The first-order valence-electron chi connectivity index (χ1n) is 7.58. The summed E-state index contributed by atoms with van der Waals surface area (Å²) in [6, 6.07) is 4.17. The van der Waals surface area contributed by atoms with Crippen molar-refractivity contribution in [2.75, 3.05) is 6.61 Å². The SMILES string of the molecule is CCOC1(C(=O)Cc2ccc(F)cc2Cl)CCCC(C)C1. The van der Waals surface area contributed by atoms with Gasteiger partial charge < -0.3 is 4.74 Å². The van der Waals surface area contributed by atoms with Gasteiger partial charge in [0.25, 0.3) is 0 Å². The van der Waals surface area contributed by atoms with Crippen molar-refractivity contribution in [1.29, 1.82) is 0 Å². The van der Waals surface area contributed by atoms with E-state index in [-0.39, 0.29) is 18.0 Å². The molecular formula is C17H22ClFO2. The highest BCUT2D eigenvalue weighted by Crippen LogP contribution is 2.37. The molecule has 21 heavy (non-hydrogen) atoms. The van der Waals surface area contributed by atoms with E-state index in [0.717, 1.165) is 25.7 Å². The van der Waals surface area contributed by atoms with Crippen LogP contribution in [0, 0.1) is 11.7 Å². The van der Waals surface area contributed by atoms with E-state index >= 15 is 0 Å². The predicted octanol–water partition coefficient (Wildman–Crippen LogP) is 4.58. The molecule has 2 rings (SSSR count). The van der Waals surface area contributed by atoms with Crippen molar-refractivity contribution in [2.45, 2.75) is 51.6 Å². The van der Waals surface area contributed by atoms with E-state index in [9.17, 15) is 9.18 Å². The van der Waals surface area contributed by atoms with Gasteiger partial charge in [0.2, 0.25) is 0 Å². The second-order valence-electron chi connectivity index (χ2n) is 5.96. The molecule has 0 heterocycles. The molecule has 4 heteroatoms. The monoisotopic (exact) mass is 312 g/mol. The molecule has 0 radical (unpaired) electrons. The number of carbonyl (C=O) groups excluding carboxylic acids is 1. The fraction of sp³-hybridized carbons (Fsp3) is 0.588. The number of Topliss-reactive ketones (excluding diaryl/α,β-unsaturated/α-hetero) is 1. The molecule has 0 aliphatic heterocycles. The second kappa shape index (κ2) is 6.89. The number of carbonyl (C=O) groups is 1. The van der Waals surface area contributed by atoms with E-state index < -0.39 is 5.60 Å². The van der Waals surface area contributed by atoms with Gasteiger partial charge >= 0.3 is 0 Å². The van der Waals surface area contributed by atoms with Crippen molar-refractivity contribution in [3.63, 3.8) is 0 Å². The Labute approximate surface area is 130 Å². The molecule has 0 amide bonds. The van der Waals surface area contributed by atoms with Gasteiger partial charge in [-0.2, -0.15) is 0 Å². The third-order valence-corrected chi connectivity index (χ3v) is 4.60. The summed E-state index contributed by atoms with van der Waals surface area (Å²) in [5, 5.41) is 0.304. The Bertz CT molecular complexity index is 514. The molecule has 0 aromatic heterocycles. The van der Waals surface area contributed by atoms with Crippen LogP contribution < -0.4 is 0 Å². The average Bonchev–Trinajstić information content (AvgIpc) is 2.42. The zero-order chi connectivity index (χ0) is 15.5. The fourth-order valence-corrected chi connectivity index (χ4v) is 3.48. The standard InChI is InChI=1S/C17H22ClFO2/c1-3-21-17(8-4-5-12(2)11-17)16(20)9-13-6-7-14(19)10-15(13)18/h6-7,10,12H,3-5,8-9,11H2,1-2H3. The minimum atomic E-state index is -0.690. The van der Waals surface area contributed by atoms with E-state index in [0.29, 0.717) is 23.1 Å². The second-order valence-corrected chi connectivity index (χ2v) is 6.37. The van der Waals surface area contributed by atoms with E-state index in [4.69, 9.17) is 16.3 Å². The Morgan fingerprint density at radius 1 is 1.52 bits per heavy atom. The van der Waals surface area contributed by atoms with Crippen molar-refractivity contribution >= 4 is 17.4 Å². The number of rotatable bonds is 5. The van der Waals surface area contributed by atoms with Crippen LogP contribution in [-0.4, -0.2) is 18.0 Å². The topological polar surface area (TPSA) is 26.3 Å². The lowest BCUT2D eigenvalue weighted by molar-refractivity contribution is -0.150. The molecule has 0 saturated heterocycles. The quantitative estimate of drug-likeness (QED) is 0.795. The third-order valence-electron chi connectivity index (χ3n) is 4.25.